The van der Waals surface area contributed by atoms with Crippen molar-refractivity contribution in [3.63, 3.8) is 0 Å². The van der Waals surface area contributed by atoms with Crippen LogP contribution in [0.1, 0.15) is 31.7 Å². The molecule has 0 radical (unpaired) electrons. The Bertz CT molecular complexity index is 279. The van der Waals surface area contributed by atoms with Gasteiger partial charge in [-0.3, -0.25) is 4.48 Å². The van der Waals surface area contributed by atoms with Gasteiger partial charge in [-0.05, 0) is 30.5 Å². The fourth-order valence-corrected chi connectivity index (χ4v) is 1.69. The molecule has 0 fully saturated rings. The van der Waals surface area contributed by atoms with Crippen LogP contribution in [-0.2, 0) is 6.42 Å². The van der Waals surface area contributed by atoms with Crippen molar-refractivity contribution in [2.45, 2.75) is 32.6 Å². The van der Waals surface area contributed by atoms with Crippen molar-refractivity contribution in [2.75, 3.05) is 21.1 Å². The van der Waals surface area contributed by atoms with Crippen molar-refractivity contribution in [1.82, 2.24) is 4.48 Å². The van der Waals surface area contributed by atoms with Crippen LogP contribution >= 0.6 is 0 Å². The Balaban J connectivity index is 2.57. The van der Waals surface area contributed by atoms with Gasteiger partial charge >= 0.3 is 0 Å². The first kappa shape index (κ1) is 12.3. The molecule has 0 aliphatic heterocycles. The van der Waals surface area contributed by atoms with Crippen LogP contribution in [0.25, 0.3) is 0 Å². The van der Waals surface area contributed by atoms with Gasteiger partial charge in [0.2, 0.25) is 0 Å². The molecule has 15 heavy (non-hydrogen) atoms. The van der Waals surface area contributed by atoms with Gasteiger partial charge in [0.15, 0.2) is 0 Å². The molecule has 0 spiro atoms. The summed E-state index contributed by atoms with van der Waals surface area (Å²) in [6, 6.07) is 9.05. The SMILES string of the molecule is CCCCCc1ccc([N+](C)(C)C)cc1. The molecule has 0 aliphatic carbocycles. The Morgan fingerprint density at radius 3 is 2.00 bits per heavy atom. The van der Waals surface area contributed by atoms with E-state index in [2.05, 4.69) is 52.3 Å². The van der Waals surface area contributed by atoms with Crippen LogP contribution in [0.2, 0.25) is 0 Å². The van der Waals surface area contributed by atoms with Gasteiger partial charge in [0.25, 0.3) is 0 Å². The van der Waals surface area contributed by atoms with E-state index in [-0.39, 0.29) is 0 Å². The third-order valence-corrected chi connectivity index (χ3v) is 2.78. The Morgan fingerprint density at radius 1 is 0.933 bits per heavy atom. The second kappa shape index (κ2) is 5.32. The molecule has 0 unspecified atom stereocenters. The number of aryl methyl sites for hydroxylation is 1. The highest BCUT2D eigenvalue weighted by atomic mass is 15.3. The molecule has 0 saturated heterocycles. The smallest absolute Gasteiger partial charge is 0.132 e. The van der Waals surface area contributed by atoms with E-state index in [0.717, 1.165) is 4.48 Å². The summed E-state index contributed by atoms with van der Waals surface area (Å²) in [5.41, 5.74) is 2.84. The average Bonchev–Trinajstić information content (AvgIpc) is 2.18. The molecule has 1 heteroatoms. The van der Waals surface area contributed by atoms with Crippen LogP contribution in [0, 0.1) is 0 Å². The first-order valence-electron chi connectivity index (χ1n) is 5.95. The summed E-state index contributed by atoms with van der Waals surface area (Å²) in [5, 5.41) is 0. The largest absolute Gasteiger partial charge is 0.298 e. The molecule has 0 bridgehead atoms. The number of unbranched alkanes of at least 4 members (excludes halogenated alkanes) is 2. The molecule has 0 heterocycles. The van der Waals surface area contributed by atoms with Gasteiger partial charge in [-0.1, -0.05) is 31.9 Å². The number of nitrogens with zero attached hydrogens (tertiary/aromatic N) is 1. The van der Waals surface area contributed by atoms with Crippen LogP contribution < -0.4 is 4.48 Å². The van der Waals surface area contributed by atoms with Crippen LogP contribution in [0.5, 0.6) is 0 Å². The lowest BCUT2D eigenvalue weighted by Gasteiger charge is -2.23. The van der Waals surface area contributed by atoms with Gasteiger partial charge in [-0.15, -0.1) is 0 Å². The quantitative estimate of drug-likeness (QED) is 0.510. The van der Waals surface area contributed by atoms with Gasteiger partial charge < -0.3 is 0 Å². The highest BCUT2D eigenvalue weighted by molar-refractivity contribution is 5.42. The number of benzene rings is 1. The third-order valence-electron chi connectivity index (χ3n) is 2.78. The Kier molecular flexibility index (Phi) is 4.34. The minimum Gasteiger partial charge on any atom is -0.298 e. The predicted octanol–water partition coefficient (Wildman–Crippen LogP) is 3.62. The molecule has 84 valence electrons. The normalized spacial score (nSPS) is 11.7. The van der Waals surface area contributed by atoms with E-state index in [1.54, 1.807) is 0 Å². The molecule has 1 aromatic rings. The standard InChI is InChI=1S/C14H24N/c1-5-6-7-8-13-9-11-14(12-10-13)15(2,3)4/h9-12H,5-8H2,1-4H3/q+1. The summed E-state index contributed by atoms with van der Waals surface area (Å²) in [6.45, 7) is 2.25. The number of hydrogen-bond donors (Lipinski definition) is 0. The first-order chi connectivity index (χ1) is 7.04. The highest BCUT2D eigenvalue weighted by Crippen LogP contribution is 2.18. The van der Waals surface area contributed by atoms with Crippen LogP contribution in [0.15, 0.2) is 24.3 Å². The minimum atomic E-state index is 0.898. The number of quaternary nitrogens is 1. The van der Waals surface area contributed by atoms with Crippen LogP contribution in [0.4, 0.5) is 5.69 Å². The fourth-order valence-electron chi connectivity index (χ4n) is 1.69. The number of rotatable bonds is 5. The van der Waals surface area contributed by atoms with E-state index in [4.69, 9.17) is 0 Å². The van der Waals surface area contributed by atoms with Crippen molar-refractivity contribution < 1.29 is 0 Å². The van der Waals surface area contributed by atoms with Gasteiger partial charge in [-0.25, -0.2) is 0 Å². The average molecular weight is 206 g/mol. The molecule has 0 aromatic heterocycles. The molecule has 0 saturated carbocycles. The van der Waals surface area contributed by atoms with E-state index >= 15 is 0 Å². The van der Waals surface area contributed by atoms with E-state index in [1.807, 2.05) is 0 Å². The summed E-state index contributed by atoms with van der Waals surface area (Å²) in [5.74, 6) is 0. The number of hydrogen-bond acceptors (Lipinski definition) is 0. The molecule has 1 aromatic carbocycles. The second-order valence-corrected chi connectivity index (χ2v) is 5.14. The van der Waals surface area contributed by atoms with Crippen molar-refractivity contribution >= 4 is 5.69 Å². The molecule has 0 N–H and O–H groups in total. The molecular weight excluding hydrogens is 182 g/mol. The minimum absolute atomic E-state index is 0.898. The lowest BCUT2D eigenvalue weighted by molar-refractivity contribution is 0.486. The molecule has 0 amide bonds. The predicted molar refractivity (Wildman–Crippen MR) is 69.2 cm³/mol. The Morgan fingerprint density at radius 2 is 1.53 bits per heavy atom. The lowest BCUT2D eigenvalue weighted by Crippen LogP contribution is -2.34. The van der Waals surface area contributed by atoms with Crippen molar-refractivity contribution in [2.24, 2.45) is 0 Å². The van der Waals surface area contributed by atoms with Gasteiger partial charge in [-0.2, -0.15) is 0 Å². The third kappa shape index (κ3) is 4.05. The zero-order valence-corrected chi connectivity index (χ0v) is 10.6. The maximum Gasteiger partial charge on any atom is 0.132 e. The monoisotopic (exact) mass is 206 g/mol. The van der Waals surface area contributed by atoms with Crippen molar-refractivity contribution in [3.8, 4) is 0 Å². The van der Waals surface area contributed by atoms with Crippen LogP contribution in [-0.4, -0.2) is 21.1 Å². The van der Waals surface area contributed by atoms with Gasteiger partial charge in [0.1, 0.15) is 5.69 Å². The van der Waals surface area contributed by atoms with Crippen molar-refractivity contribution in [3.05, 3.63) is 29.8 Å². The van der Waals surface area contributed by atoms with E-state index < -0.39 is 0 Å². The summed E-state index contributed by atoms with van der Waals surface area (Å²) >= 11 is 0. The second-order valence-electron chi connectivity index (χ2n) is 5.14. The molecule has 0 atom stereocenters. The Hall–Kier alpha value is -0.820. The lowest BCUT2D eigenvalue weighted by atomic mass is 10.1. The zero-order chi connectivity index (χ0) is 11.3. The van der Waals surface area contributed by atoms with Crippen LogP contribution in [0.3, 0.4) is 0 Å². The summed E-state index contributed by atoms with van der Waals surface area (Å²) < 4.78 is 0.898. The fraction of sp³-hybridized carbons (Fsp3) is 0.571. The summed E-state index contributed by atoms with van der Waals surface area (Å²) in [6.07, 6.45) is 5.19. The molecule has 1 nitrogen and oxygen atoms in total. The summed E-state index contributed by atoms with van der Waals surface area (Å²) in [4.78, 5) is 0. The van der Waals surface area contributed by atoms with Gasteiger partial charge in [0.05, 0.1) is 21.1 Å². The topological polar surface area (TPSA) is 0 Å². The molecule has 0 aliphatic rings. The summed E-state index contributed by atoms with van der Waals surface area (Å²) in [7, 11) is 6.60. The molecular formula is C14H24N+. The van der Waals surface area contributed by atoms with E-state index in [1.165, 1.54) is 36.9 Å². The van der Waals surface area contributed by atoms with Crippen molar-refractivity contribution in [1.29, 1.82) is 0 Å². The Labute approximate surface area is 94.3 Å². The maximum atomic E-state index is 2.27. The van der Waals surface area contributed by atoms with E-state index in [0.29, 0.717) is 0 Å². The zero-order valence-electron chi connectivity index (χ0n) is 10.6. The first-order valence-corrected chi connectivity index (χ1v) is 5.95. The maximum absolute atomic E-state index is 2.27. The van der Waals surface area contributed by atoms with Gasteiger partial charge in [0, 0.05) is 0 Å². The molecule has 1 rings (SSSR count). The highest BCUT2D eigenvalue weighted by Gasteiger charge is 2.10. The van der Waals surface area contributed by atoms with E-state index in [9.17, 15) is 0 Å².